The van der Waals surface area contributed by atoms with Crippen LogP contribution in [-0.2, 0) is 83.3 Å². The van der Waals surface area contributed by atoms with Crippen molar-refractivity contribution in [3.8, 4) is 0 Å². The molecule has 8 aromatic carbocycles. The molecule has 0 radical (unpaired) electrons. The molecule has 4 aliphatic rings. The number of halogens is 12. The van der Waals surface area contributed by atoms with Gasteiger partial charge in [-0.1, -0.05) is 139 Å². The molecule has 0 atom stereocenters. The van der Waals surface area contributed by atoms with Crippen LogP contribution in [-0.4, -0.2) is 123 Å². The highest BCUT2D eigenvalue weighted by molar-refractivity contribution is 7.88. The second-order valence-electron chi connectivity index (χ2n) is 24.7. The van der Waals surface area contributed by atoms with Crippen LogP contribution in [0.2, 0.25) is 0 Å². The Balaban J connectivity index is 0.000000169. The van der Waals surface area contributed by atoms with Crippen molar-refractivity contribution in [2.45, 2.75) is 140 Å². The van der Waals surface area contributed by atoms with Crippen LogP contribution in [0.4, 0.5) is 52.7 Å². The average molecular weight is 1630 g/mol. The summed E-state index contributed by atoms with van der Waals surface area (Å²) in [6, 6.07) is 30.6. The molecule has 0 saturated carbocycles. The van der Waals surface area contributed by atoms with E-state index in [9.17, 15) is 125 Å². The summed E-state index contributed by atoms with van der Waals surface area (Å²) in [5, 5.41) is 2.10. The minimum Gasteiger partial charge on any atom is -0.266 e. The van der Waals surface area contributed by atoms with Gasteiger partial charge >= 0.3 is 62.5 Å². The summed E-state index contributed by atoms with van der Waals surface area (Å²) in [5.74, 6) is -10.1. The molecule has 4 heterocycles. The Morgan fingerprint density at radius 3 is 0.827 bits per heavy atom. The molecule has 0 aromatic heterocycles. The number of carbonyl (C=O) groups is 8. The number of hydrogen-bond donors (Lipinski definition) is 0. The zero-order chi connectivity index (χ0) is 81.3. The molecule has 0 saturated heterocycles. The van der Waals surface area contributed by atoms with Gasteiger partial charge in [-0.25, -0.2) is 0 Å². The summed E-state index contributed by atoms with van der Waals surface area (Å²) in [5.41, 5.74) is -20.6. The molecule has 0 bridgehead atoms. The number of hydroxylamine groups is 8. The zero-order valence-corrected chi connectivity index (χ0v) is 60.8. The molecule has 24 nitrogen and oxygen atoms in total. The zero-order valence-electron chi connectivity index (χ0n) is 57.6. The molecular formula is C70H60F12N4O20S4. The molecule has 110 heavy (non-hydrogen) atoms. The number of unbranched alkanes of at least 4 members (excludes halogenated alkanes) is 6. The quantitative estimate of drug-likeness (QED) is 0.0263. The number of alkyl halides is 12. The fourth-order valence-corrected chi connectivity index (χ4v) is 13.7. The monoisotopic (exact) mass is 1630 g/mol. The SMILES string of the molecule is CCCCCc1cc2c3c(cccc3c1)C(=O)N(OS(=O)(=O)C(F)(F)F)C2=O.CCCCCc1ccc2c3c(cccc13)C(=O)N(OS(=O)(=O)C(F)(F)F)C2=O.CCCCc1cc2c3c(cccc3c1)C(=O)N(OS(=O)(=O)C(F)(F)F)C2=O.CCCCc1ccc2c3c(cccc13)C(=O)N(OS(=O)(=O)C(F)(F)F)C2=O. The second-order valence-corrected chi connectivity index (χ2v) is 30.8. The van der Waals surface area contributed by atoms with E-state index in [1.54, 1.807) is 42.5 Å². The summed E-state index contributed by atoms with van der Waals surface area (Å²) in [7, 11) is -24.7. The van der Waals surface area contributed by atoms with E-state index in [1.807, 2.05) is 26.8 Å². The van der Waals surface area contributed by atoms with E-state index >= 15 is 0 Å². The summed E-state index contributed by atoms with van der Waals surface area (Å²) in [6.07, 6.45) is 11.9. The maximum atomic E-state index is 12.6. The molecule has 0 fully saturated rings. The Bertz CT molecular complexity index is 5540. The first-order valence-electron chi connectivity index (χ1n) is 33.1. The predicted molar refractivity (Wildman–Crippen MR) is 366 cm³/mol. The third kappa shape index (κ3) is 16.9. The third-order valence-electron chi connectivity index (χ3n) is 17.2. The highest BCUT2D eigenvalue weighted by atomic mass is 32.2. The molecule has 0 spiro atoms. The number of benzene rings is 8. The van der Waals surface area contributed by atoms with Gasteiger partial charge in [0.25, 0.3) is 47.3 Å². The lowest BCUT2D eigenvalue weighted by molar-refractivity contribution is -0.0768. The van der Waals surface area contributed by atoms with Crippen LogP contribution in [0.1, 0.15) is 197 Å². The minimum absolute atomic E-state index is 0.0726. The first-order chi connectivity index (χ1) is 51.3. The van der Waals surface area contributed by atoms with Crippen LogP contribution in [0.5, 0.6) is 0 Å². The maximum Gasteiger partial charge on any atom is 0.525 e. The molecule has 4 aliphatic heterocycles. The lowest BCUT2D eigenvalue weighted by atomic mass is 9.90. The second kappa shape index (κ2) is 32.2. The number of aryl methyl sites for hydroxylation is 4. The first kappa shape index (κ1) is 84.2. The van der Waals surface area contributed by atoms with E-state index in [0.29, 0.717) is 47.2 Å². The van der Waals surface area contributed by atoms with E-state index in [-0.39, 0.29) is 86.3 Å². The van der Waals surface area contributed by atoms with Crippen LogP contribution in [0, 0.1) is 0 Å². The predicted octanol–water partition coefficient (Wildman–Crippen LogP) is 15.0. The van der Waals surface area contributed by atoms with Crippen molar-refractivity contribution in [3.63, 3.8) is 0 Å². The Kier molecular flexibility index (Phi) is 24.7. The summed E-state index contributed by atoms with van der Waals surface area (Å²) in [6.45, 7) is 8.07. The number of imide groups is 4. The smallest absolute Gasteiger partial charge is 0.266 e. The molecule has 0 N–H and O–H groups in total. The van der Waals surface area contributed by atoms with Gasteiger partial charge in [-0.05, 0) is 144 Å². The van der Waals surface area contributed by atoms with Gasteiger partial charge < -0.3 is 0 Å². The Morgan fingerprint density at radius 2 is 0.527 bits per heavy atom. The van der Waals surface area contributed by atoms with E-state index in [4.69, 9.17) is 0 Å². The van der Waals surface area contributed by atoms with E-state index in [2.05, 4.69) is 24.1 Å². The third-order valence-corrected chi connectivity index (χ3v) is 20.9. The Labute approximate surface area is 617 Å². The van der Waals surface area contributed by atoms with Crippen LogP contribution >= 0.6 is 0 Å². The van der Waals surface area contributed by atoms with Crippen LogP contribution in [0.25, 0.3) is 43.1 Å². The fraction of sp³-hybridized carbons (Fsp3) is 0.314. The van der Waals surface area contributed by atoms with Gasteiger partial charge in [0.1, 0.15) is 0 Å². The number of carbonyl (C=O) groups excluding carboxylic acids is 8. The van der Waals surface area contributed by atoms with Crippen LogP contribution in [0.3, 0.4) is 0 Å². The number of hydrogen-bond acceptors (Lipinski definition) is 20. The highest BCUT2D eigenvalue weighted by Crippen LogP contribution is 2.41. The highest BCUT2D eigenvalue weighted by Gasteiger charge is 2.55. The fourth-order valence-electron chi connectivity index (χ4n) is 12.0. The van der Waals surface area contributed by atoms with Gasteiger partial charge in [0, 0.05) is 21.5 Å². The van der Waals surface area contributed by atoms with Crippen molar-refractivity contribution >= 4 is 131 Å². The van der Waals surface area contributed by atoms with Gasteiger partial charge in [0.2, 0.25) is 0 Å². The molecule has 8 aromatic rings. The normalized spacial score (nSPS) is 14.8. The summed E-state index contributed by atoms with van der Waals surface area (Å²) >= 11 is 0. The van der Waals surface area contributed by atoms with E-state index in [1.165, 1.54) is 72.8 Å². The molecule has 12 rings (SSSR count). The maximum absolute atomic E-state index is 12.6. The van der Waals surface area contributed by atoms with Crippen LogP contribution in [0.15, 0.2) is 121 Å². The Hall–Kier alpha value is -9.84. The number of amides is 8. The molecule has 0 unspecified atom stereocenters. The Morgan fingerprint density at radius 1 is 0.282 bits per heavy atom. The average Bonchev–Trinajstić information content (AvgIpc) is 0.754. The van der Waals surface area contributed by atoms with Crippen molar-refractivity contribution < 1.29 is 142 Å². The molecule has 40 heteroatoms. The van der Waals surface area contributed by atoms with Gasteiger partial charge in [0.15, 0.2) is 0 Å². The summed E-state index contributed by atoms with van der Waals surface area (Å²) in [4.78, 5) is 100. The van der Waals surface area contributed by atoms with Crippen molar-refractivity contribution in [3.05, 3.63) is 188 Å². The van der Waals surface area contributed by atoms with Gasteiger partial charge in [-0.2, -0.15) is 86.4 Å². The van der Waals surface area contributed by atoms with Gasteiger partial charge in [-0.15, -0.1) is 37.4 Å². The largest absolute Gasteiger partial charge is 0.525 e. The molecule has 8 amide bonds. The van der Waals surface area contributed by atoms with E-state index < -0.39 is 110 Å². The molecule has 0 aliphatic carbocycles. The first-order valence-corrected chi connectivity index (χ1v) is 38.7. The lowest BCUT2D eigenvalue weighted by Gasteiger charge is -2.26. The number of nitrogens with zero attached hydrogens (tertiary/aromatic N) is 4. The van der Waals surface area contributed by atoms with E-state index in [0.717, 1.165) is 86.5 Å². The van der Waals surface area contributed by atoms with Crippen LogP contribution < -0.4 is 0 Å². The molecular weight excluding hydrogens is 1570 g/mol. The number of rotatable bonds is 22. The topological polar surface area (TPSA) is 323 Å². The standard InChI is InChI=1S/2C18H16F3NO5S.2C17H14F3NO5S/c1-2-3-4-6-11-9-12-7-5-8-13-15(12)14(10-11)17(24)22(16(13)23)27-28(25,26)18(19,20)21;1-2-3-4-6-11-9-10-14-15-12(11)7-5-8-13(15)16(23)22(17(14)24)27-28(25,26)18(19,20)21;1-2-3-5-10-8-11-6-4-7-12-14(11)13(9-10)16(23)21(15(12)22)26-27(24,25)17(18,19)20;1-2-3-5-10-8-9-13-14-11(10)6-4-7-12(14)15(22)21(16(13)23)26-27(24,25)17(18,19)20/h2*5,7-10H,2-4,6H2,1H3;2*4,6-9H,2-3,5H2,1H3. The molecule has 588 valence electrons. The summed E-state index contributed by atoms with van der Waals surface area (Å²) < 4.78 is 257. The van der Waals surface area contributed by atoms with Gasteiger partial charge in [-0.3, -0.25) is 38.4 Å². The van der Waals surface area contributed by atoms with Crippen molar-refractivity contribution in [1.29, 1.82) is 0 Å². The van der Waals surface area contributed by atoms with Crippen molar-refractivity contribution in [2.75, 3.05) is 0 Å². The lowest BCUT2D eigenvalue weighted by Crippen LogP contribution is -2.44. The van der Waals surface area contributed by atoms with Gasteiger partial charge in [0.05, 0.1) is 44.5 Å². The van der Waals surface area contributed by atoms with Crippen molar-refractivity contribution in [2.24, 2.45) is 0 Å². The minimum atomic E-state index is -6.18. The van der Waals surface area contributed by atoms with Crippen molar-refractivity contribution in [1.82, 2.24) is 20.3 Å².